The SMILES string of the molecule is CC(C)COCCCC(=O)Nc1ccc(F)cc1N. The number of carbonyl (C=O) groups excluding carboxylic acids is 1. The molecule has 19 heavy (non-hydrogen) atoms. The molecule has 0 saturated carbocycles. The Morgan fingerprint density at radius 2 is 2.21 bits per heavy atom. The molecule has 0 radical (unpaired) electrons. The van der Waals surface area contributed by atoms with E-state index in [0.29, 0.717) is 37.7 Å². The molecule has 1 amide bonds. The van der Waals surface area contributed by atoms with E-state index in [1.165, 1.54) is 18.2 Å². The first kappa shape index (κ1) is 15.4. The minimum atomic E-state index is -0.419. The molecule has 1 aromatic rings. The minimum absolute atomic E-state index is 0.147. The van der Waals surface area contributed by atoms with Gasteiger partial charge in [0.15, 0.2) is 0 Å². The van der Waals surface area contributed by atoms with E-state index in [9.17, 15) is 9.18 Å². The van der Waals surface area contributed by atoms with Crippen molar-refractivity contribution in [1.82, 2.24) is 0 Å². The molecule has 106 valence electrons. The summed E-state index contributed by atoms with van der Waals surface area (Å²) in [4.78, 5) is 11.6. The van der Waals surface area contributed by atoms with E-state index in [0.717, 1.165) is 0 Å². The molecule has 0 atom stereocenters. The first-order valence-corrected chi connectivity index (χ1v) is 6.41. The quantitative estimate of drug-likeness (QED) is 0.590. The number of hydrogen-bond acceptors (Lipinski definition) is 3. The molecule has 0 fully saturated rings. The van der Waals surface area contributed by atoms with E-state index in [1.807, 2.05) is 0 Å². The van der Waals surface area contributed by atoms with Crippen molar-refractivity contribution in [3.63, 3.8) is 0 Å². The zero-order chi connectivity index (χ0) is 14.3. The van der Waals surface area contributed by atoms with Crippen molar-refractivity contribution < 1.29 is 13.9 Å². The first-order chi connectivity index (χ1) is 8.99. The normalized spacial score (nSPS) is 10.7. The number of benzene rings is 1. The molecule has 0 saturated heterocycles. The lowest BCUT2D eigenvalue weighted by atomic mass is 10.2. The average Bonchev–Trinajstić information content (AvgIpc) is 2.32. The number of halogens is 1. The Morgan fingerprint density at radius 3 is 2.84 bits per heavy atom. The van der Waals surface area contributed by atoms with Crippen molar-refractivity contribution >= 4 is 17.3 Å². The third-order valence-corrected chi connectivity index (χ3v) is 2.43. The van der Waals surface area contributed by atoms with Gasteiger partial charge in [-0.05, 0) is 30.5 Å². The fourth-order valence-corrected chi connectivity index (χ4v) is 1.51. The van der Waals surface area contributed by atoms with Gasteiger partial charge in [-0.25, -0.2) is 4.39 Å². The Kier molecular flexibility index (Phi) is 6.29. The summed E-state index contributed by atoms with van der Waals surface area (Å²) in [6, 6.07) is 3.90. The minimum Gasteiger partial charge on any atom is -0.397 e. The highest BCUT2D eigenvalue weighted by atomic mass is 19.1. The Labute approximate surface area is 113 Å². The maximum absolute atomic E-state index is 12.8. The molecule has 0 aliphatic carbocycles. The van der Waals surface area contributed by atoms with Crippen molar-refractivity contribution in [2.75, 3.05) is 24.3 Å². The summed E-state index contributed by atoms with van der Waals surface area (Å²) in [7, 11) is 0. The highest BCUT2D eigenvalue weighted by Crippen LogP contribution is 2.19. The Morgan fingerprint density at radius 1 is 1.47 bits per heavy atom. The number of nitrogen functional groups attached to an aromatic ring is 1. The van der Waals surface area contributed by atoms with Gasteiger partial charge in [0.25, 0.3) is 0 Å². The molecule has 0 aliphatic heterocycles. The number of nitrogens with one attached hydrogen (secondary N) is 1. The van der Waals surface area contributed by atoms with E-state index in [1.54, 1.807) is 0 Å². The number of nitrogens with two attached hydrogens (primary N) is 1. The molecule has 0 aromatic heterocycles. The number of hydrogen-bond donors (Lipinski definition) is 2. The van der Waals surface area contributed by atoms with Crippen LogP contribution in [0, 0.1) is 11.7 Å². The van der Waals surface area contributed by atoms with Crippen LogP contribution in [0.25, 0.3) is 0 Å². The smallest absolute Gasteiger partial charge is 0.224 e. The number of anilines is 2. The van der Waals surface area contributed by atoms with Crippen molar-refractivity contribution in [1.29, 1.82) is 0 Å². The molecule has 0 bridgehead atoms. The van der Waals surface area contributed by atoms with Gasteiger partial charge < -0.3 is 15.8 Å². The molecular formula is C14H21FN2O2. The summed E-state index contributed by atoms with van der Waals surface area (Å²) in [5, 5.41) is 2.65. The third kappa shape index (κ3) is 6.20. The fraction of sp³-hybridized carbons (Fsp3) is 0.500. The molecule has 5 heteroatoms. The van der Waals surface area contributed by atoms with Gasteiger partial charge in [-0.15, -0.1) is 0 Å². The van der Waals surface area contributed by atoms with Crippen LogP contribution in [0.1, 0.15) is 26.7 Å². The Hall–Kier alpha value is -1.62. The van der Waals surface area contributed by atoms with Crippen molar-refractivity contribution in [2.24, 2.45) is 5.92 Å². The predicted octanol–water partition coefficient (Wildman–Crippen LogP) is 2.80. The zero-order valence-electron chi connectivity index (χ0n) is 11.4. The molecule has 0 unspecified atom stereocenters. The van der Waals surface area contributed by atoms with Crippen LogP contribution < -0.4 is 11.1 Å². The van der Waals surface area contributed by atoms with Gasteiger partial charge in [-0.3, -0.25) is 4.79 Å². The second-order valence-electron chi connectivity index (χ2n) is 4.85. The number of ether oxygens (including phenoxy) is 1. The van der Waals surface area contributed by atoms with Gasteiger partial charge in [-0.2, -0.15) is 0 Å². The topological polar surface area (TPSA) is 64.3 Å². The van der Waals surface area contributed by atoms with Crippen LogP contribution in [-0.4, -0.2) is 19.1 Å². The van der Waals surface area contributed by atoms with E-state index < -0.39 is 5.82 Å². The largest absolute Gasteiger partial charge is 0.397 e. The van der Waals surface area contributed by atoms with Crippen molar-refractivity contribution in [3.05, 3.63) is 24.0 Å². The van der Waals surface area contributed by atoms with Crippen LogP contribution in [-0.2, 0) is 9.53 Å². The van der Waals surface area contributed by atoms with Gasteiger partial charge in [0.05, 0.1) is 11.4 Å². The molecule has 0 spiro atoms. The summed E-state index contributed by atoms with van der Waals surface area (Å²) in [6.07, 6.45) is 1.01. The number of amides is 1. The molecular weight excluding hydrogens is 247 g/mol. The number of rotatable bonds is 7. The van der Waals surface area contributed by atoms with Crippen LogP contribution in [0.4, 0.5) is 15.8 Å². The summed E-state index contributed by atoms with van der Waals surface area (Å²) < 4.78 is 18.2. The van der Waals surface area contributed by atoms with Crippen molar-refractivity contribution in [3.8, 4) is 0 Å². The fourth-order valence-electron chi connectivity index (χ4n) is 1.51. The Balaban J connectivity index is 2.27. The molecule has 4 nitrogen and oxygen atoms in total. The van der Waals surface area contributed by atoms with Crippen LogP contribution in [0.5, 0.6) is 0 Å². The second kappa shape index (κ2) is 7.74. The summed E-state index contributed by atoms with van der Waals surface area (Å²) in [6.45, 7) is 5.41. The highest BCUT2D eigenvalue weighted by molar-refractivity contribution is 5.93. The van der Waals surface area contributed by atoms with Gasteiger partial charge in [0.1, 0.15) is 5.82 Å². The van der Waals surface area contributed by atoms with E-state index in [2.05, 4.69) is 19.2 Å². The molecule has 0 heterocycles. The van der Waals surface area contributed by atoms with Gasteiger partial charge in [0, 0.05) is 19.6 Å². The second-order valence-corrected chi connectivity index (χ2v) is 4.85. The molecule has 0 aliphatic rings. The van der Waals surface area contributed by atoms with E-state index in [-0.39, 0.29) is 11.6 Å². The lowest BCUT2D eigenvalue weighted by molar-refractivity contribution is -0.116. The first-order valence-electron chi connectivity index (χ1n) is 6.41. The maximum atomic E-state index is 12.8. The lowest BCUT2D eigenvalue weighted by Gasteiger charge is -2.09. The third-order valence-electron chi connectivity index (χ3n) is 2.43. The Bertz CT molecular complexity index is 422. The van der Waals surface area contributed by atoms with Crippen molar-refractivity contribution in [2.45, 2.75) is 26.7 Å². The predicted molar refractivity (Wildman–Crippen MR) is 74.3 cm³/mol. The van der Waals surface area contributed by atoms with Gasteiger partial charge >= 0.3 is 0 Å². The van der Waals surface area contributed by atoms with Crippen LogP contribution in [0.2, 0.25) is 0 Å². The zero-order valence-corrected chi connectivity index (χ0v) is 11.4. The van der Waals surface area contributed by atoms with E-state index >= 15 is 0 Å². The van der Waals surface area contributed by atoms with E-state index in [4.69, 9.17) is 10.5 Å². The standard InChI is InChI=1S/C14H21FN2O2/c1-10(2)9-19-7-3-4-14(18)17-13-6-5-11(15)8-12(13)16/h5-6,8,10H,3-4,7,9,16H2,1-2H3,(H,17,18). The monoisotopic (exact) mass is 268 g/mol. The van der Waals surface area contributed by atoms with Crippen LogP contribution >= 0.6 is 0 Å². The van der Waals surface area contributed by atoms with Gasteiger partial charge in [-0.1, -0.05) is 13.8 Å². The number of carbonyl (C=O) groups is 1. The summed E-state index contributed by atoms with van der Waals surface area (Å²) in [5.74, 6) is -0.0723. The molecule has 1 rings (SSSR count). The maximum Gasteiger partial charge on any atom is 0.224 e. The lowest BCUT2D eigenvalue weighted by Crippen LogP contribution is -2.14. The molecule has 3 N–H and O–H groups in total. The average molecular weight is 268 g/mol. The molecule has 1 aromatic carbocycles. The highest BCUT2D eigenvalue weighted by Gasteiger charge is 2.06. The summed E-state index contributed by atoms with van der Waals surface area (Å²) in [5.41, 5.74) is 6.27. The van der Waals surface area contributed by atoms with Crippen LogP contribution in [0.3, 0.4) is 0 Å². The van der Waals surface area contributed by atoms with Gasteiger partial charge in [0.2, 0.25) is 5.91 Å². The summed E-state index contributed by atoms with van der Waals surface area (Å²) >= 11 is 0. The van der Waals surface area contributed by atoms with Crippen LogP contribution in [0.15, 0.2) is 18.2 Å².